The molecule has 0 unspecified atom stereocenters. The van der Waals surface area contributed by atoms with Gasteiger partial charge in [0.1, 0.15) is 5.52 Å². The van der Waals surface area contributed by atoms with Crippen LogP contribution in [-0.2, 0) is 11.3 Å². The SMILES string of the molecule is CCOCCn1c(=O)c(NCCN2CCCCC2)nc2ccc(-c3ccc(F)c(F)c3)nc21. The molecule has 1 aliphatic heterocycles. The first-order valence-electron chi connectivity index (χ1n) is 11.5. The molecule has 2 aromatic heterocycles. The van der Waals surface area contributed by atoms with Crippen LogP contribution in [0, 0.1) is 11.6 Å². The molecule has 33 heavy (non-hydrogen) atoms. The molecule has 0 saturated carbocycles. The number of pyridine rings is 1. The minimum Gasteiger partial charge on any atom is -0.380 e. The highest BCUT2D eigenvalue weighted by Crippen LogP contribution is 2.22. The lowest BCUT2D eigenvalue weighted by Gasteiger charge is -2.26. The summed E-state index contributed by atoms with van der Waals surface area (Å²) in [4.78, 5) is 24.7. The Hall–Kier alpha value is -2.91. The molecule has 0 atom stereocenters. The van der Waals surface area contributed by atoms with Gasteiger partial charge in [-0.05, 0) is 63.2 Å². The lowest BCUT2D eigenvalue weighted by atomic mass is 10.1. The van der Waals surface area contributed by atoms with Crippen LogP contribution in [0.3, 0.4) is 0 Å². The minimum absolute atomic E-state index is 0.276. The Morgan fingerprint density at radius 3 is 2.61 bits per heavy atom. The summed E-state index contributed by atoms with van der Waals surface area (Å²) in [5, 5.41) is 3.20. The molecular weight excluding hydrogens is 428 g/mol. The predicted molar refractivity (Wildman–Crippen MR) is 124 cm³/mol. The van der Waals surface area contributed by atoms with Crippen molar-refractivity contribution >= 4 is 17.0 Å². The van der Waals surface area contributed by atoms with E-state index in [4.69, 9.17) is 4.74 Å². The summed E-state index contributed by atoms with van der Waals surface area (Å²) < 4.78 is 34.1. The number of rotatable bonds is 9. The third-order valence-electron chi connectivity index (χ3n) is 5.84. The highest BCUT2D eigenvalue weighted by atomic mass is 19.2. The third-order valence-corrected chi connectivity index (χ3v) is 5.84. The molecule has 1 aromatic carbocycles. The number of hydrogen-bond acceptors (Lipinski definition) is 6. The summed E-state index contributed by atoms with van der Waals surface area (Å²) >= 11 is 0. The standard InChI is InChI=1S/C24H29F2N5O2/c1-2-33-15-14-31-23-21(9-8-20(29-23)17-6-7-18(25)19(26)16-17)28-22(24(31)32)27-10-13-30-11-4-3-5-12-30/h6-9,16H,2-5,10-15H2,1H3,(H,27,28). The molecule has 0 bridgehead atoms. The zero-order chi connectivity index (χ0) is 23.2. The van der Waals surface area contributed by atoms with Crippen molar-refractivity contribution in [3.63, 3.8) is 0 Å². The Bertz CT molecular complexity index is 1160. The van der Waals surface area contributed by atoms with E-state index < -0.39 is 11.6 Å². The largest absolute Gasteiger partial charge is 0.380 e. The number of nitrogens with one attached hydrogen (secondary N) is 1. The number of piperidine rings is 1. The van der Waals surface area contributed by atoms with E-state index in [0.717, 1.165) is 31.8 Å². The highest BCUT2D eigenvalue weighted by molar-refractivity contribution is 5.76. The van der Waals surface area contributed by atoms with Crippen molar-refractivity contribution in [1.82, 2.24) is 19.4 Å². The first kappa shape index (κ1) is 23.3. The van der Waals surface area contributed by atoms with Gasteiger partial charge in [0, 0.05) is 25.3 Å². The molecule has 0 radical (unpaired) electrons. The molecule has 3 aromatic rings. The van der Waals surface area contributed by atoms with Crippen LogP contribution in [-0.4, -0.2) is 58.8 Å². The number of hydrogen-bond donors (Lipinski definition) is 1. The molecule has 1 N–H and O–H groups in total. The zero-order valence-electron chi connectivity index (χ0n) is 18.8. The molecule has 1 aliphatic rings. The van der Waals surface area contributed by atoms with Gasteiger partial charge in [-0.15, -0.1) is 0 Å². The number of halogens is 2. The molecule has 0 amide bonds. The fourth-order valence-corrected chi connectivity index (χ4v) is 4.07. The van der Waals surface area contributed by atoms with Gasteiger partial charge in [0.25, 0.3) is 5.56 Å². The van der Waals surface area contributed by atoms with E-state index in [1.807, 2.05) is 6.92 Å². The Kier molecular flexibility index (Phi) is 7.61. The monoisotopic (exact) mass is 457 g/mol. The van der Waals surface area contributed by atoms with Crippen LogP contribution in [0.1, 0.15) is 26.2 Å². The number of aromatic nitrogens is 3. The van der Waals surface area contributed by atoms with E-state index in [1.54, 1.807) is 12.1 Å². The molecule has 3 heterocycles. The third kappa shape index (κ3) is 5.54. The van der Waals surface area contributed by atoms with Gasteiger partial charge < -0.3 is 15.0 Å². The topological polar surface area (TPSA) is 72.3 Å². The van der Waals surface area contributed by atoms with E-state index in [1.165, 1.54) is 29.9 Å². The number of ether oxygens (including phenoxy) is 1. The van der Waals surface area contributed by atoms with Gasteiger partial charge in [0.05, 0.1) is 18.8 Å². The normalized spacial score (nSPS) is 14.6. The maximum atomic E-state index is 13.7. The van der Waals surface area contributed by atoms with Crippen LogP contribution in [0.2, 0.25) is 0 Å². The van der Waals surface area contributed by atoms with Gasteiger partial charge in [-0.2, -0.15) is 0 Å². The summed E-state index contributed by atoms with van der Waals surface area (Å²) in [6.07, 6.45) is 3.70. The van der Waals surface area contributed by atoms with E-state index in [2.05, 4.69) is 20.2 Å². The molecule has 0 aliphatic carbocycles. The Morgan fingerprint density at radius 1 is 1.03 bits per heavy atom. The van der Waals surface area contributed by atoms with Gasteiger partial charge in [0.15, 0.2) is 23.1 Å². The van der Waals surface area contributed by atoms with Gasteiger partial charge in [-0.3, -0.25) is 9.36 Å². The number of benzene rings is 1. The van der Waals surface area contributed by atoms with Crippen molar-refractivity contribution in [2.24, 2.45) is 0 Å². The minimum atomic E-state index is -0.950. The van der Waals surface area contributed by atoms with E-state index in [9.17, 15) is 13.6 Å². The Morgan fingerprint density at radius 2 is 1.85 bits per heavy atom. The average Bonchev–Trinajstić information content (AvgIpc) is 2.83. The maximum absolute atomic E-state index is 13.7. The second kappa shape index (κ2) is 10.8. The fourth-order valence-electron chi connectivity index (χ4n) is 4.07. The molecule has 4 rings (SSSR count). The summed E-state index contributed by atoms with van der Waals surface area (Å²) in [5.41, 5.74) is 1.49. The fraction of sp³-hybridized carbons (Fsp3) is 0.458. The summed E-state index contributed by atoms with van der Waals surface area (Å²) in [6, 6.07) is 7.05. The lowest BCUT2D eigenvalue weighted by molar-refractivity contribution is 0.139. The number of anilines is 1. The first-order valence-corrected chi connectivity index (χ1v) is 11.5. The quantitative estimate of drug-likeness (QED) is 0.495. The molecule has 0 spiro atoms. The second-order valence-electron chi connectivity index (χ2n) is 8.11. The van der Waals surface area contributed by atoms with Gasteiger partial charge in [-0.25, -0.2) is 18.7 Å². The van der Waals surface area contributed by atoms with Crippen LogP contribution in [0.4, 0.5) is 14.6 Å². The van der Waals surface area contributed by atoms with Crippen molar-refractivity contribution in [2.75, 3.05) is 44.7 Å². The molecule has 1 fully saturated rings. The zero-order valence-corrected chi connectivity index (χ0v) is 18.8. The van der Waals surface area contributed by atoms with Crippen molar-refractivity contribution in [3.8, 4) is 11.3 Å². The molecule has 176 valence electrons. The van der Waals surface area contributed by atoms with Crippen LogP contribution in [0.15, 0.2) is 35.1 Å². The van der Waals surface area contributed by atoms with E-state index in [-0.39, 0.29) is 11.4 Å². The Labute approximate surface area is 191 Å². The lowest BCUT2D eigenvalue weighted by Crippen LogP contribution is -2.35. The van der Waals surface area contributed by atoms with Crippen molar-refractivity contribution in [2.45, 2.75) is 32.7 Å². The van der Waals surface area contributed by atoms with Gasteiger partial charge in [-0.1, -0.05) is 6.42 Å². The van der Waals surface area contributed by atoms with E-state index >= 15 is 0 Å². The number of fused-ring (bicyclic) bond motifs is 1. The van der Waals surface area contributed by atoms with Crippen LogP contribution >= 0.6 is 0 Å². The van der Waals surface area contributed by atoms with Crippen molar-refractivity contribution < 1.29 is 13.5 Å². The molecule has 1 saturated heterocycles. The van der Waals surface area contributed by atoms with Crippen LogP contribution in [0.25, 0.3) is 22.4 Å². The molecule has 7 nitrogen and oxygen atoms in total. The second-order valence-corrected chi connectivity index (χ2v) is 8.11. The molecule has 9 heteroatoms. The molecular formula is C24H29F2N5O2. The van der Waals surface area contributed by atoms with Gasteiger partial charge >= 0.3 is 0 Å². The predicted octanol–water partition coefficient (Wildman–Crippen LogP) is 3.67. The van der Waals surface area contributed by atoms with E-state index in [0.29, 0.717) is 48.7 Å². The van der Waals surface area contributed by atoms with Crippen LogP contribution in [0.5, 0.6) is 0 Å². The average molecular weight is 458 g/mol. The first-order chi connectivity index (χ1) is 16.1. The summed E-state index contributed by atoms with van der Waals surface area (Å²) in [5.74, 6) is -1.59. The highest BCUT2D eigenvalue weighted by Gasteiger charge is 2.15. The maximum Gasteiger partial charge on any atom is 0.295 e. The van der Waals surface area contributed by atoms with Gasteiger partial charge in [0.2, 0.25) is 0 Å². The number of likely N-dealkylation sites (tertiary alicyclic amines) is 1. The summed E-state index contributed by atoms with van der Waals surface area (Å²) in [6.45, 7) is 6.72. The summed E-state index contributed by atoms with van der Waals surface area (Å²) in [7, 11) is 0. The van der Waals surface area contributed by atoms with Crippen molar-refractivity contribution in [3.05, 3.63) is 52.3 Å². The van der Waals surface area contributed by atoms with Crippen LogP contribution < -0.4 is 10.9 Å². The van der Waals surface area contributed by atoms with Crippen molar-refractivity contribution in [1.29, 1.82) is 0 Å². The number of nitrogens with zero attached hydrogens (tertiary/aromatic N) is 4. The smallest absolute Gasteiger partial charge is 0.295 e. The Balaban J connectivity index is 1.64.